The van der Waals surface area contributed by atoms with E-state index in [0.29, 0.717) is 29.9 Å². The molecule has 1 saturated heterocycles. The van der Waals surface area contributed by atoms with E-state index in [1.165, 1.54) is 12.1 Å². The molecule has 0 bridgehead atoms. The van der Waals surface area contributed by atoms with Gasteiger partial charge < -0.3 is 19.3 Å². The summed E-state index contributed by atoms with van der Waals surface area (Å²) < 4.78 is 70.3. The van der Waals surface area contributed by atoms with Gasteiger partial charge in [0.05, 0.1) is 29.9 Å². The predicted molar refractivity (Wildman–Crippen MR) is 107 cm³/mol. The third-order valence-electron chi connectivity index (χ3n) is 5.50. The van der Waals surface area contributed by atoms with Crippen molar-refractivity contribution in [1.82, 2.24) is 10.5 Å². The van der Waals surface area contributed by atoms with E-state index in [1.807, 2.05) is 0 Å². The number of hydrogen-bond acceptors (Lipinski definition) is 6. The van der Waals surface area contributed by atoms with E-state index in [1.54, 1.807) is 12.1 Å². The number of ether oxygens (including phenoxy) is 3. The van der Waals surface area contributed by atoms with E-state index in [2.05, 4.69) is 15.2 Å². The Morgan fingerprint density at radius 2 is 2.00 bits per heavy atom. The second-order valence-corrected chi connectivity index (χ2v) is 8.40. The summed E-state index contributed by atoms with van der Waals surface area (Å²) in [5.41, 5.74) is 0.978. The highest BCUT2D eigenvalue weighted by Gasteiger charge is 2.40. The molecule has 0 unspecified atom stereocenters. The van der Waals surface area contributed by atoms with Gasteiger partial charge in [-0.15, -0.1) is 13.2 Å². The predicted octanol–water partition coefficient (Wildman–Crippen LogP) is 4.55. The SMILES string of the molecule is O=C(CO[C@H]1C[C@@H](OC(F)(F)F)C1)N[C@@H]1CC[C@@H](c2cc(-c3ccc(Cl)c(F)c3)no2)OC1. The summed E-state index contributed by atoms with van der Waals surface area (Å²) in [6.07, 6.45) is -4.98. The van der Waals surface area contributed by atoms with Crippen molar-refractivity contribution in [2.75, 3.05) is 13.2 Å². The first kappa shape index (κ1) is 23.9. The molecule has 2 heterocycles. The van der Waals surface area contributed by atoms with Crippen LogP contribution in [0.1, 0.15) is 37.5 Å². The van der Waals surface area contributed by atoms with Crippen LogP contribution in [0.2, 0.25) is 5.02 Å². The molecule has 0 spiro atoms. The number of hydrogen-bond donors (Lipinski definition) is 1. The molecule has 1 aliphatic heterocycles. The summed E-state index contributed by atoms with van der Waals surface area (Å²) in [6.45, 7) is -0.000608. The summed E-state index contributed by atoms with van der Waals surface area (Å²) in [5, 5.41) is 6.76. The summed E-state index contributed by atoms with van der Waals surface area (Å²) in [6, 6.07) is 5.79. The molecule has 180 valence electrons. The zero-order valence-electron chi connectivity index (χ0n) is 17.2. The van der Waals surface area contributed by atoms with Crippen LogP contribution in [-0.4, -0.2) is 48.9 Å². The lowest BCUT2D eigenvalue weighted by Gasteiger charge is -2.35. The Hall–Kier alpha value is -2.21. The minimum atomic E-state index is -4.66. The zero-order chi connectivity index (χ0) is 23.6. The van der Waals surface area contributed by atoms with Gasteiger partial charge >= 0.3 is 6.36 Å². The zero-order valence-corrected chi connectivity index (χ0v) is 18.0. The molecule has 7 nitrogen and oxygen atoms in total. The van der Waals surface area contributed by atoms with Crippen LogP contribution in [0.3, 0.4) is 0 Å². The Morgan fingerprint density at radius 3 is 2.67 bits per heavy atom. The highest BCUT2D eigenvalue weighted by molar-refractivity contribution is 6.30. The standard InChI is InChI=1S/C21H21ClF4N2O5/c22-15-3-1-11(5-16(15)23)17-8-19(33-28-17)18-4-2-12(9-31-18)27-20(29)10-30-13-6-14(7-13)32-21(24,25)26/h1,3,5,8,12-14,18H,2,4,6-7,9-10H2,(H,27,29)/t12-,13-,14+,18+/m1/s1. The van der Waals surface area contributed by atoms with Gasteiger partial charge in [0, 0.05) is 24.5 Å². The monoisotopic (exact) mass is 492 g/mol. The second-order valence-electron chi connectivity index (χ2n) is 8.00. The third kappa shape index (κ3) is 6.44. The van der Waals surface area contributed by atoms with Crippen LogP contribution in [0.15, 0.2) is 28.8 Å². The lowest BCUT2D eigenvalue weighted by Crippen LogP contribution is -2.45. The minimum absolute atomic E-state index is 0.0175. The average molecular weight is 493 g/mol. The maximum absolute atomic E-state index is 13.7. The van der Waals surface area contributed by atoms with Crippen LogP contribution >= 0.6 is 11.6 Å². The molecule has 2 fully saturated rings. The fourth-order valence-electron chi connectivity index (χ4n) is 3.72. The molecule has 0 radical (unpaired) electrons. The highest BCUT2D eigenvalue weighted by Crippen LogP contribution is 2.33. The van der Waals surface area contributed by atoms with Gasteiger partial charge in [-0.05, 0) is 25.0 Å². The first-order valence-corrected chi connectivity index (χ1v) is 10.7. The largest absolute Gasteiger partial charge is 0.522 e. The van der Waals surface area contributed by atoms with Gasteiger partial charge in [-0.3, -0.25) is 9.53 Å². The first-order valence-electron chi connectivity index (χ1n) is 10.4. The van der Waals surface area contributed by atoms with Crippen LogP contribution in [0, 0.1) is 5.82 Å². The van der Waals surface area contributed by atoms with Crippen LogP contribution in [0.5, 0.6) is 0 Å². The van der Waals surface area contributed by atoms with Crippen molar-refractivity contribution in [1.29, 1.82) is 0 Å². The van der Waals surface area contributed by atoms with Crippen molar-refractivity contribution in [3.63, 3.8) is 0 Å². The number of alkyl halides is 3. The Labute approximate surface area is 191 Å². The summed E-state index contributed by atoms with van der Waals surface area (Å²) in [7, 11) is 0. The molecule has 1 N–H and O–H groups in total. The Kier molecular flexibility index (Phi) is 7.22. The van der Waals surface area contributed by atoms with Gasteiger partial charge in [0.25, 0.3) is 0 Å². The number of nitrogens with one attached hydrogen (secondary N) is 1. The molecule has 2 atom stereocenters. The number of halogens is 5. The number of nitrogens with zero attached hydrogens (tertiary/aromatic N) is 1. The molecule has 1 saturated carbocycles. The number of aromatic nitrogens is 1. The molecule has 1 amide bonds. The molecular formula is C21H21ClF4N2O5. The summed E-state index contributed by atoms with van der Waals surface area (Å²) in [4.78, 5) is 12.1. The topological polar surface area (TPSA) is 82.8 Å². The molecule has 1 aromatic carbocycles. The van der Waals surface area contributed by atoms with E-state index in [-0.39, 0.29) is 49.1 Å². The molecule has 12 heteroatoms. The van der Waals surface area contributed by atoms with Crippen LogP contribution in [0.4, 0.5) is 17.6 Å². The average Bonchev–Trinajstić information content (AvgIpc) is 3.21. The number of carbonyl (C=O) groups excluding carboxylic acids is 1. The molecule has 1 aliphatic carbocycles. The van der Waals surface area contributed by atoms with Gasteiger partial charge in [0.2, 0.25) is 5.91 Å². The second kappa shape index (κ2) is 9.96. The molecule has 4 rings (SSSR count). The van der Waals surface area contributed by atoms with E-state index < -0.39 is 24.4 Å². The fourth-order valence-corrected chi connectivity index (χ4v) is 3.84. The van der Waals surface area contributed by atoms with Crippen molar-refractivity contribution in [2.24, 2.45) is 0 Å². The first-order chi connectivity index (χ1) is 15.7. The molecule has 2 aromatic rings. The number of benzene rings is 1. The van der Waals surface area contributed by atoms with Crippen molar-refractivity contribution < 1.29 is 41.1 Å². The molecule has 2 aliphatic rings. The van der Waals surface area contributed by atoms with E-state index >= 15 is 0 Å². The van der Waals surface area contributed by atoms with Gasteiger partial charge in [-0.2, -0.15) is 0 Å². The Balaban J connectivity index is 1.17. The van der Waals surface area contributed by atoms with Crippen LogP contribution in [-0.2, 0) is 19.0 Å². The third-order valence-corrected chi connectivity index (χ3v) is 5.81. The molecular weight excluding hydrogens is 472 g/mol. The van der Waals surface area contributed by atoms with Crippen LogP contribution < -0.4 is 5.32 Å². The van der Waals surface area contributed by atoms with Gasteiger partial charge in [0.1, 0.15) is 24.2 Å². The fraction of sp³-hybridized carbons (Fsp3) is 0.524. The number of rotatable bonds is 7. The number of amides is 1. The number of carbonyl (C=O) groups is 1. The van der Waals surface area contributed by atoms with E-state index in [4.69, 9.17) is 25.6 Å². The maximum atomic E-state index is 13.7. The normalized spacial score (nSPS) is 25.5. The van der Waals surface area contributed by atoms with Gasteiger partial charge in [0.15, 0.2) is 5.76 Å². The lowest BCUT2D eigenvalue weighted by atomic mass is 9.92. The quantitative estimate of drug-likeness (QED) is 0.571. The van der Waals surface area contributed by atoms with E-state index in [9.17, 15) is 22.4 Å². The Morgan fingerprint density at radius 1 is 1.21 bits per heavy atom. The van der Waals surface area contributed by atoms with Crippen LogP contribution in [0.25, 0.3) is 11.3 Å². The molecule has 1 aromatic heterocycles. The van der Waals surface area contributed by atoms with E-state index in [0.717, 1.165) is 0 Å². The maximum Gasteiger partial charge on any atom is 0.522 e. The van der Waals surface area contributed by atoms with Gasteiger partial charge in [-0.1, -0.05) is 22.8 Å². The van der Waals surface area contributed by atoms with Crippen molar-refractivity contribution >= 4 is 17.5 Å². The summed E-state index contributed by atoms with van der Waals surface area (Å²) >= 11 is 5.70. The minimum Gasteiger partial charge on any atom is -0.368 e. The Bertz CT molecular complexity index is 972. The van der Waals surface area contributed by atoms with Crippen molar-refractivity contribution in [2.45, 2.75) is 56.4 Å². The smallest absolute Gasteiger partial charge is 0.368 e. The molecule has 33 heavy (non-hydrogen) atoms. The van der Waals surface area contributed by atoms with Gasteiger partial charge in [-0.25, -0.2) is 4.39 Å². The van der Waals surface area contributed by atoms with Crippen molar-refractivity contribution in [3.05, 3.63) is 40.9 Å². The lowest BCUT2D eigenvalue weighted by molar-refractivity contribution is -0.357. The highest BCUT2D eigenvalue weighted by atomic mass is 35.5. The summed E-state index contributed by atoms with van der Waals surface area (Å²) in [5.74, 6) is -0.426. The van der Waals surface area contributed by atoms with Crippen molar-refractivity contribution in [3.8, 4) is 11.3 Å².